The average Bonchev–Trinajstić information content (AvgIpc) is 2.84. The van der Waals surface area contributed by atoms with Crippen LogP contribution < -0.4 is 0 Å². The molecule has 0 unspecified atom stereocenters. The van der Waals surface area contributed by atoms with Gasteiger partial charge in [-0.1, -0.05) is 30.3 Å². The molecule has 0 amide bonds. The largest absolute Gasteiger partial charge is 0.463 e. The van der Waals surface area contributed by atoms with E-state index in [0.717, 1.165) is 0 Å². The minimum atomic E-state index is -4.68. The molecule has 1 heterocycles. The van der Waals surface area contributed by atoms with E-state index in [1.54, 1.807) is 30.3 Å². The van der Waals surface area contributed by atoms with Gasteiger partial charge < -0.3 is 9.15 Å². The van der Waals surface area contributed by atoms with Gasteiger partial charge in [0, 0.05) is 5.56 Å². The van der Waals surface area contributed by atoms with Crippen LogP contribution in [0.25, 0.3) is 11.3 Å². The summed E-state index contributed by atoms with van der Waals surface area (Å²) in [5, 5.41) is 0. The second-order valence-corrected chi connectivity index (χ2v) is 3.94. The maximum absolute atomic E-state index is 12.9. The van der Waals surface area contributed by atoms with Crippen molar-refractivity contribution in [3.63, 3.8) is 0 Å². The van der Waals surface area contributed by atoms with Crippen LogP contribution in [-0.4, -0.2) is 12.6 Å². The third-order valence-electron chi connectivity index (χ3n) is 2.61. The number of esters is 1. The maximum atomic E-state index is 12.9. The van der Waals surface area contributed by atoms with Gasteiger partial charge in [0.15, 0.2) is 0 Å². The summed E-state index contributed by atoms with van der Waals surface area (Å²) in [6.45, 7) is 1.50. The summed E-state index contributed by atoms with van der Waals surface area (Å²) in [5.74, 6) is -1.19. The highest BCUT2D eigenvalue weighted by molar-refractivity contribution is 5.97. The number of furan rings is 1. The first kappa shape index (κ1) is 14.2. The van der Waals surface area contributed by atoms with E-state index in [2.05, 4.69) is 4.74 Å². The molecule has 0 fully saturated rings. The highest BCUT2D eigenvalue weighted by Crippen LogP contribution is 2.38. The molecule has 0 N–H and O–H groups in total. The molecule has 0 aliphatic heterocycles. The van der Waals surface area contributed by atoms with Gasteiger partial charge in [-0.05, 0) is 6.92 Å². The Hall–Kier alpha value is -2.24. The van der Waals surface area contributed by atoms with Crippen molar-refractivity contribution in [2.75, 3.05) is 6.61 Å². The Balaban J connectivity index is 2.59. The van der Waals surface area contributed by atoms with Crippen molar-refractivity contribution in [3.05, 3.63) is 47.7 Å². The standard InChI is InChI=1S/C14H11F3O3/c1-2-19-13(18)11-10(14(15,16)17)8-20-12(11)9-6-4-3-5-7-9/h3-8H,2H2,1H3. The molecule has 0 radical (unpaired) electrons. The molecule has 0 spiro atoms. The fraction of sp³-hybridized carbons (Fsp3) is 0.214. The summed E-state index contributed by atoms with van der Waals surface area (Å²) >= 11 is 0. The maximum Gasteiger partial charge on any atom is 0.420 e. The SMILES string of the molecule is CCOC(=O)c1c(C(F)(F)F)coc1-c1ccccc1. The Kier molecular flexibility index (Phi) is 3.83. The Morgan fingerprint density at radius 2 is 1.90 bits per heavy atom. The van der Waals surface area contributed by atoms with Gasteiger partial charge in [0.05, 0.1) is 6.61 Å². The van der Waals surface area contributed by atoms with Gasteiger partial charge in [0.2, 0.25) is 0 Å². The van der Waals surface area contributed by atoms with Crippen LogP contribution in [0.3, 0.4) is 0 Å². The van der Waals surface area contributed by atoms with Crippen molar-refractivity contribution in [1.82, 2.24) is 0 Å². The van der Waals surface area contributed by atoms with Gasteiger partial charge in [0.25, 0.3) is 0 Å². The van der Waals surface area contributed by atoms with Crippen molar-refractivity contribution < 1.29 is 27.1 Å². The predicted octanol–water partition coefficient (Wildman–Crippen LogP) is 4.14. The van der Waals surface area contributed by atoms with Crippen molar-refractivity contribution in [2.45, 2.75) is 13.1 Å². The molecule has 0 saturated carbocycles. The van der Waals surface area contributed by atoms with Crippen LogP contribution in [0.5, 0.6) is 0 Å². The first-order chi connectivity index (χ1) is 9.45. The zero-order valence-electron chi connectivity index (χ0n) is 10.5. The predicted molar refractivity (Wildman–Crippen MR) is 65.1 cm³/mol. The van der Waals surface area contributed by atoms with Crippen molar-refractivity contribution in [2.24, 2.45) is 0 Å². The van der Waals surface area contributed by atoms with Crippen molar-refractivity contribution in [3.8, 4) is 11.3 Å². The summed E-state index contributed by atoms with van der Waals surface area (Å²) in [6, 6.07) is 8.10. The van der Waals surface area contributed by atoms with Gasteiger partial charge in [-0.25, -0.2) is 4.79 Å². The normalized spacial score (nSPS) is 11.4. The van der Waals surface area contributed by atoms with Gasteiger partial charge in [0.1, 0.15) is 23.2 Å². The second kappa shape index (κ2) is 5.40. The van der Waals surface area contributed by atoms with Crippen LogP contribution in [0.1, 0.15) is 22.8 Å². The lowest BCUT2D eigenvalue weighted by Crippen LogP contribution is -2.13. The van der Waals surface area contributed by atoms with Crippen LogP contribution in [0, 0.1) is 0 Å². The lowest BCUT2D eigenvalue weighted by molar-refractivity contribution is -0.138. The van der Waals surface area contributed by atoms with E-state index in [4.69, 9.17) is 4.42 Å². The van der Waals surface area contributed by atoms with Gasteiger partial charge in [-0.2, -0.15) is 13.2 Å². The van der Waals surface area contributed by atoms with E-state index < -0.39 is 23.3 Å². The van der Waals surface area contributed by atoms with Crippen LogP contribution in [0.4, 0.5) is 13.2 Å². The highest BCUT2D eigenvalue weighted by Gasteiger charge is 2.40. The van der Waals surface area contributed by atoms with E-state index in [0.29, 0.717) is 11.8 Å². The Labute approximate surface area is 113 Å². The van der Waals surface area contributed by atoms with Crippen LogP contribution in [0.15, 0.2) is 41.0 Å². The van der Waals surface area contributed by atoms with Gasteiger partial charge >= 0.3 is 12.1 Å². The van der Waals surface area contributed by atoms with Crippen molar-refractivity contribution >= 4 is 5.97 Å². The van der Waals surface area contributed by atoms with Crippen LogP contribution in [0.2, 0.25) is 0 Å². The van der Waals surface area contributed by atoms with E-state index in [1.807, 2.05) is 0 Å². The molecule has 3 nitrogen and oxygen atoms in total. The van der Waals surface area contributed by atoms with Gasteiger partial charge in [-0.3, -0.25) is 0 Å². The summed E-state index contributed by atoms with van der Waals surface area (Å²) in [4.78, 5) is 11.8. The molecule has 20 heavy (non-hydrogen) atoms. The summed E-state index contributed by atoms with van der Waals surface area (Å²) in [5.41, 5.74) is -1.34. The molecule has 1 aromatic heterocycles. The zero-order valence-corrected chi connectivity index (χ0v) is 10.5. The number of hydrogen-bond acceptors (Lipinski definition) is 3. The molecule has 0 aliphatic rings. The molecular formula is C14H11F3O3. The molecular weight excluding hydrogens is 273 g/mol. The van der Waals surface area contributed by atoms with Crippen LogP contribution >= 0.6 is 0 Å². The third-order valence-corrected chi connectivity index (χ3v) is 2.61. The summed E-state index contributed by atoms with van der Waals surface area (Å²) < 4.78 is 48.4. The monoisotopic (exact) mass is 284 g/mol. The average molecular weight is 284 g/mol. The van der Waals surface area contributed by atoms with E-state index in [1.165, 1.54) is 6.92 Å². The van der Waals surface area contributed by atoms with Crippen LogP contribution in [-0.2, 0) is 10.9 Å². The molecule has 1 aromatic carbocycles. The zero-order chi connectivity index (χ0) is 14.8. The minimum absolute atomic E-state index is 0.0183. The highest BCUT2D eigenvalue weighted by atomic mass is 19.4. The lowest BCUT2D eigenvalue weighted by Gasteiger charge is -2.08. The summed E-state index contributed by atoms with van der Waals surface area (Å²) in [7, 11) is 0. The van der Waals surface area contributed by atoms with E-state index in [9.17, 15) is 18.0 Å². The first-order valence-corrected chi connectivity index (χ1v) is 5.86. The van der Waals surface area contributed by atoms with Crippen molar-refractivity contribution in [1.29, 1.82) is 0 Å². The molecule has 2 rings (SSSR count). The Morgan fingerprint density at radius 1 is 1.25 bits per heavy atom. The smallest absolute Gasteiger partial charge is 0.420 e. The third kappa shape index (κ3) is 2.68. The summed E-state index contributed by atoms with van der Waals surface area (Å²) in [6.07, 6.45) is -4.15. The fourth-order valence-corrected chi connectivity index (χ4v) is 1.77. The molecule has 106 valence electrons. The number of benzene rings is 1. The second-order valence-electron chi connectivity index (χ2n) is 3.94. The molecule has 6 heteroatoms. The molecule has 2 aromatic rings. The quantitative estimate of drug-likeness (QED) is 0.795. The number of ether oxygens (including phenoxy) is 1. The minimum Gasteiger partial charge on any atom is -0.463 e. The number of rotatable bonds is 3. The number of hydrogen-bond donors (Lipinski definition) is 0. The Bertz CT molecular complexity index is 600. The Morgan fingerprint density at radius 3 is 2.45 bits per heavy atom. The molecule has 0 aliphatic carbocycles. The number of carbonyl (C=O) groups excluding carboxylic acids is 1. The van der Waals surface area contributed by atoms with Gasteiger partial charge in [-0.15, -0.1) is 0 Å². The lowest BCUT2D eigenvalue weighted by atomic mass is 10.1. The molecule has 0 atom stereocenters. The molecule has 0 bridgehead atoms. The number of halogens is 3. The number of carbonyl (C=O) groups is 1. The topological polar surface area (TPSA) is 39.4 Å². The first-order valence-electron chi connectivity index (χ1n) is 5.86. The van der Waals surface area contributed by atoms with E-state index >= 15 is 0 Å². The number of alkyl halides is 3. The van der Waals surface area contributed by atoms with E-state index in [-0.39, 0.29) is 12.4 Å². The fourth-order valence-electron chi connectivity index (χ4n) is 1.77. The molecule has 0 saturated heterocycles.